The van der Waals surface area contributed by atoms with Gasteiger partial charge in [-0.25, -0.2) is 9.50 Å². The molecule has 0 aromatic carbocycles. The Hall–Kier alpha value is -1.63. The second-order valence-electron chi connectivity index (χ2n) is 6.74. The van der Waals surface area contributed by atoms with Crippen molar-refractivity contribution in [1.29, 1.82) is 0 Å². The standard InChI is InChI=1S/C17H23BrN4O2/c1-5-12-8-13(18)22-14(12)15(19-10-20-22)21-7-6-17(3,9-11(21)2)16(23)24-4/h8,10-11H,5-7,9H2,1-4H3/t11-,17?/m0/s1. The molecular weight excluding hydrogens is 372 g/mol. The number of carbonyl (C=O) groups is 1. The van der Waals surface area contributed by atoms with Gasteiger partial charge in [0.2, 0.25) is 0 Å². The third kappa shape index (κ3) is 2.68. The van der Waals surface area contributed by atoms with E-state index < -0.39 is 5.41 Å². The van der Waals surface area contributed by atoms with Crippen LogP contribution in [0.5, 0.6) is 0 Å². The maximum Gasteiger partial charge on any atom is 0.311 e. The summed E-state index contributed by atoms with van der Waals surface area (Å²) >= 11 is 3.57. The number of aromatic nitrogens is 3. The van der Waals surface area contributed by atoms with Crippen LogP contribution in [0.15, 0.2) is 17.0 Å². The highest BCUT2D eigenvalue weighted by molar-refractivity contribution is 9.10. The summed E-state index contributed by atoms with van der Waals surface area (Å²) in [6.07, 6.45) is 4.01. The number of hydrogen-bond acceptors (Lipinski definition) is 5. The molecule has 1 aliphatic rings. The first-order chi connectivity index (χ1) is 11.4. The van der Waals surface area contributed by atoms with Gasteiger partial charge in [0.05, 0.1) is 12.5 Å². The zero-order chi connectivity index (χ0) is 17.5. The molecule has 1 aliphatic heterocycles. The van der Waals surface area contributed by atoms with Gasteiger partial charge in [-0.15, -0.1) is 0 Å². The second-order valence-corrected chi connectivity index (χ2v) is 7.55. The average molecular weight is 395 g/mol. The number of fused-ring (bicyclic) bond motifs is 1. The van der Waals surface area contributed by atoms with Gasteiger partial charge < -0.3 is 9.64 Å². The molecule has 0 amide bonds. The lowest BCUT2D eigenvalue weighted by molar-refractivity contribution is -0.153. The minimum Gasteiger partial charge on any atom is -0.469 e. The Morgan fingerprint density at radius 2 is 2.29 bits per heavy atom. The van der Waals surface area contributed by atoms with Gasteiger partial charge >= 0.3 is 5.97 Å². The van der Waals surface area contributed by atoms with Crippen molar-refractivity contribution < 1.29 is 9.53 Å². The predicted octanol–water partition coefficient (Wildman–Crippen LogP) is 3.22. The van der Waals surface area contributed by atoms with Crippen molar-refractivity contribution in [3.63, 3.8) is 0 Å². The Kier molecular flexibility index (Phi) is 4.55. The van der Waals surface area contributed by atoms with Crippen molar-refractivity contribution in [2.75, 3.05) is 18.6 Å². The van der Waals surface area contributed by atoms with Gasteiger partial charge in [0, 0.05) is 12.6 Å². The van der Waals surface area contributed by atoms with E-state index >= 15 is 0 Å². The zero-order valence-corrected chi connectivity index (χ0v) is 16.1. The molecule has 7 heteroatoms. The average Bonchev–Trinajstić information content (AvgIpc) is 2.91. The molecule has 2 atom stereocenters. The van der Waals surface area contributed by atoms with E-state index in [1.54, 1.807) is 6.33 Å². The van der Waals surface area contributed by atoms with Crippen LogP contribution in [0.2, 0.25) is 0 Å². The number of nitrogens with zero attached hydrogens (tertiary/aromatic N) is 4. The fourth-order valence-corrected chi connectivity index (χ4v) is 4.28. The maximum absolute atomic E-state index is 12.1. The lowest BCUT2D eigenvalue weighted by Gasteiger charge is -2.42. The molecule has 1 saturated heterocycles. The lowest BCUT2D eigenvalue weighted by atomic mass is 9.77. The Morgan fingerprint density at radius 3 is 2.92 bits per heavy atom. The SMILES string of the molecule is CCc1cc(Br)n2ncnc(N3CCC(C)(C(=O)OC)C[C@@H]3C)c12. The van der Waals surface area contributed by atoms with E-state index in [1.165, 1.54) is 12.7 Å². The smallest absolute Gasteiger partial charge is 0.311 e. The van der Waals surface area contributed by atoms with E-state index in [4.69, 9.17) is 4.74 Å². The van der Waals surface area contributed by atoms with Crippen LogP contribution >= 0.6 is 15.9 Å². The molecule has 24 heavy (non-hydrogen) atoms. The molecule has 0 bridgehead atoms. The van der Waals surface area contributed by atoms with Gasteiger partial charge in [0.1, 0.15) is 16.4 Å². The number of rotatable bonds is 3. The van der Waals surface area contributed by atoms with Crippen LogP contribution in [0.4, 0.5) is 5.82 Å². The summed E-state index contributed by atoms with van der Waals surface area (Å²) in [6.45, 7) is 7.04. The normalized spacial score (nSPS) is 24.4. The van der Waals surface area contributed by atoms with Crippen molar-refractivity contribution in [3.05, 3.63) is 22.6 Å². The van der Waals surface area contributed by atoms with Crippen molar-refractivity contribution >= 4 is 33.2 Å². The first-order valence-corrected chi connectivity index (χ1v) is 9.06. The number of methoxy groups -OCH3 is 1. The van der Waals surface area contributed by atoms with Crippen LogP contribution < -0.4 is 4.90 Å². The predicted molar refractivity (Wildman–Crippen MR) is 96.2 cm³/mol. The lowest BCUT2D eigenvalue weighted by Crippen LogP contribution is -2.48. The fraction of sp³-hybridized carbons (Fsp3) is 0.588. The summed E-state index contributed by atoms with van der Waals surface area (Å²) in [5.41, 5.74) is 1.83. The molecule has 2 aromatic rings. The second kappa shape index (κ2) is 6.35. The molecule has 6 nitrogen and oxygen atoms in total. The molecule has 130 valence electrons. The molecule has 3 rings (SSSR count). The molecule has 3 heterocycles. The van der Waals surface area contributed by atoms with Gasteiger partial charge in [-0.3, -0.25) is 4.79 Å². The largest absolute Gasteiger partial charge is 0.469 e. The number of hydrogen-bond donors (Lipinski definition) is 0. The number of carbonyl (C=O) groups excluding carboxylic acids is 1. The van der Waals surface area contributed by atoms with Crippen molar-refractivity contribution in [2.24, 2.45) is 5.41 Å². The highest BCUT2D eigenvalue weighted by atomic mass is 79.9. The van der Waals surface area contributed by atoms with Gasteiger partial charge in [-0.2, -0.15) is 5.10 Å². The van der Waals surface area contributed by atoms with Gasteiger partial charge in [-0.1, -0.05) is 6.92 Å². The van der Waals surface area contributed by atoms with Crippen LogP contribution in [0.1, 0.15) is 39.2 Å². The monoisotopic (exact) mass is 394 g/mol. The van der Waals surface area contributed by atoms with E-state index in [2.05, 4.69) is 50.8 Å². The minimum absolute atomic E-state index is 0.124. The van der Waals surface area contributed by atoms with Gasteiger partial charge in [0.15, 0.2) is 5.82 Å². The van der Waals surface area contributed by atoms with Crippen molar-refractivity contribution in [2.45, 2.75) is 46.1 Å². The van der Waals surface area contributed by atoms with Crippen LogP contribution in [-0.4, -0.2) is 40.3 Å². The molecule has 0 radical (unpaired) electrons. The Labute approximate surface area is 150 Å². The highest BCUT2D eigenvalue weighted by Gasteiger charge is 2.42. The highest BCUT2D eigenvalue weighted by Crippen LogP contribution is 2.39. The van der Waals surface area contributed by atoms with Gasteiger partial charge in [0.25, 0.3) is 0 Å². The van der Waals surface area contributed by atoms with Crippen molar-refractivity contribution in [3.8, 4) is 0 Å². The van der Waals surface area contributed by atoms with E-state index in [-0.39, 0.29) is 12.0 Å². The Bertz CT molecular complexity index is 775. The number of piperidine rings is 1. The molecule has 0 N–H and O–H groups in total. The summed E-state index contributed by atoms with van der Waals surface area (Å²) in [4.78, 5) is 19.0. The zero-order valence-electron chi connectivity index (χ0n) is 14.5. The Balaban J connectivity index is 1.99. The molecule has 1 unspecified atom stereocenters. The minimum atomic E-state index is -0.426. The number of halogens is 1. The van der Waals surface area contributed by atoms with Crippen LogP contribution in [0.3, 0.4) is 0 Å². The topological polar surface area (TPSA) is 59.7 Å². The molecule has 2 aromatic heterocycles. The summed E-state index contributed by atoms with van der Waals surface area (Å²) in [7, 11) is 1.46. The summed E-state index contributed by atoms with van der Waals surface area (Å²) in [6, 6.07) is 2.29. The quantitative estimate of drug-likeness (QED) is 0.747. The van der Waals surface area contributed by atoms with E-state index in [1.807, 2.05) is 11.4 Å². The summed E-state index contributed by atoms with van der Waals surface area (Å²) < 4.78 is 7.82. The Morgan fingerprint density at radius 1 is 1.54 bits per heavy atom. The molecule has 1 fully saturated rings. The van der Waals surface area contributed by atoms with Crippen LogP contribution in [0, 0.1) is 5.41 Å². The summed E-state index contributed by atoms with van der Waals surface area (Å²) in [5, 5.41) is 4.36. The maximum atomic E-state index is 12.1. The first-order valence-electron chi connectivity index (χ1n) is 8.27. The number of anilines is 1. The summed E-state index contributed by atoms with van der Waals surface area (Å²) in [5.74, 6) is 0.813. The first kappa shape index (κ1) is 17.2. The molecule has 0 aliphatic carbocycles. The third-order valence-electron chi connectivity index (χ3n) is 5.08. The number of aryl methyl sites for hydroxylation is 1. The third-order valence-corrected chi connectivity index (χ3v) is 5.65. The number of ether oxygens (including phenoxy) is 1. The van der Waals surface area contributed by atoms with E-state index in [9.17, 15) is 4.79 Å². The molecule has 0 saturated carbocycles. The van der Waals surface area contributed by atoms with E-state index in [0.717, 1.165) is 41.7 Å². The van der Waals surface area contributed by atoms with Crippen LogP contribution in [-0.2, 0) is 16.0 Å². The van der Waals surface area contributed by atoms with Gasteiger partial charge in [-0.05, 0) is 60.7 Å². The van der Waals surface area contributed by atoms with Crippen LogP contribution in [0.25, 0.3) is 5.52 Å². The molecule has 0 spiro atoms. The van der Waals surface area contributed by atoms with E-state index in [0.29, 0.717) is 0 Å². The fourth-order valence-electron chi connectivity index (χ4n) is 3.74. The number of esters is 1. The van der Waals surface area contributed by atoms with Crippen molar-refractivity contribution in [1.82, 2.24) is 14.6 Å². The molecular formula is C17H23BrN4O2.